The molecule has 3 aromatic rings. The average molecular weight is 519 g/mol. The summed E-state index contributed by atoms with van der Waals surface area (Å²) >= 11 is 5.82. The summed E-state index contributed by atoms with van der Waals surface area (Å²) in [5, 5.41) is 2.88. The Morgan fingerprint density at radius 2 is 1.77 bits per heavy atom. The Morgan fingerprint density at radius 3 is 2.37 bits per heavy atom. The summed E-state index contributed by atoms with van der Waals surface area (Å²) in [4.78, 5) is 21.1. The first-order valence-electron chi connectivity index (χ1n) is 10.5. The smallest absolute Gasteiger partial charge is 0.255 e. The van der Waals surface area contributed by atoms with Crippen molar-refractivity contribution < 1.29 is 22.7 Å². The molecule has 2 N–H and O–H groups in total. The van der Waals surface area contributed by atoms with E-state index in [0.29, 0.717) is 17.0 Å². The highest BCUT2D eigenvalue weighted by atomic mass is 35.5. The van der Waals surface area contributed by atoms with Crippen molar-refractivity contribution in [3.8, 4) is 17.4 Å². The first-order chi connectivity index (χ1) is 16.2. The van der Waals surface area contributed by atoms with Gasteiger partial charge in [-0.25, -0.2) is 13.4 Å². The second-order valence-corrected chi connectivity index (χ2v) is 11.1. The Labute approximate surface area is 209 Å². The molecule has 0 saturated heterocycles. The lowest BCUT2D eigenvalue weighted by molar-refractivity contribution is 0.102. The molecule has 0 atom stereocenters. The highest BCUT2D eigenvalue weighted by Crippen LogP contribution is 2.39. The number of ether oxygens (including phenoxy) is 2. The molecule has 0 unspecified atom stereocenters. The van der Waals surface area contributed by atoms with E-state index in [1.807, 2.05) is 27.7 Å². The van der Waals surface area contributed by atoms with E-state index < -0.39 is 15.9 Å². The monoisotopic (exact) mass is 518 g/mol. The predicted molar refractivity (Wildman–Crippen MR) is 136 cm³/mol. The molecular formula is C24H27ClN4O5S. The van der Waals surface area contributed by atoms with Crippen LogP contribution < -0.4 is 19.5 Å². The Bertz CT molecular complexity index is 1370. The summed E-state index contributed by atoms with van der Waals surface area (Å²) in [6.45, 7) is 7.77. The number of carbonyl (C=O) groups is 1. The second kappa shape index (κ2) is 10.1. The molecule has 0 radical (unpaired) electrons. The highest BCUT2D eigenvalue weighted by Gasteiger charge is 2.22. The van der Waals surface area contributed by atoms with Crippen molar-refractivity contribution in [1.29, 1.82) is 0 Å². The molecule has 1 heterocycles. The first kappa shape index (κ1) is 26.2. The molecule has 0 bridgehead atoms. The Balaban J connectivity index is 1.99. The summed E-state index contributed by atoms with van der Waals surface area (Å²) in [6, 6.07) is 10.0. The SMILES string of the molecule is COc1c(NC(=O)c2cc(C)cc(Oc3ccnc(Cl)n3)c2)cc(C(C)(C)C)cc1NS(C)(=O)=O. The minimum Gasteiger partial charge on any atom is -0.492 e. The zero-order valence-corrected chi connectivity index (χ0v) is 21.8. The minimum absolute atomic E-state index is 0.0393. The summed E-state index contributed by atoms with van der Waals surface area (Å²) in [6.07, 6.45) is 2.51. The zero-order chi connectivity index (χ0) is 26.0. The quantitative estimate of drug-likeness (QED) is 0.414. The number of nitrogens with zero attached hydrogens (tertiary/aromatic N) is 2. The van der Waals surface area contributed by atoms with E-state index in [-0.39, 0.29) is 28.0 Å². The fourth-order valence-electron chi connectivity index (χ4n) is 3.28. The van der Waals surface area contributed by atoms with Crippen molar-refractivity contribution in [3.05, 3.63) is 64.6 Å². The molecular weight excluding hydrogens is 492 g/mol. The van der Waals surface area contributed by atoms with Gasteiger partial charge in [0.15, 0.2) is 5.75 Å². The van der Waals surface area contributed by atoms with Crippen molar-refractivity contribution in [3.63, 3.8) is 0 Å². The zero-order valence-electron chi connectivity index (χ0n) is 20.3. The number of amides is 1. The van der Waals surface area contributed by atoms with Crippen molar-refractivity contribution in [2.75, 3.05) is 23.4 Å². The number of benzene rings is 2. The normalized spacial score (nSPS) is 11.6. The largest absolute Gasteiger partial charge is 0.492 e. The number of sulfonamides is 1. The van der Waals surface area contributed by atoms with Crippen LogP contribution >= 0.6 is 11.6 Å². The Morgan fingerprint density at radius 1 is 1.09 bits per heavy atom. The molecule has 0 aliphatic heterocycles. The maximum absolute atomic E-state index is 13.2. The molecule has 11 heteroatoms. The van der Waals surface area contributed by atoms with E-state index in [4.69, 9.17) is 21.1 Å². The third kappa shape index (κ3) is 7.06. The molecule has 2 aromatic carbocycles. The van der Waals surface area contributed by atoms with Gasteiger partial charge < -0.3 is 14.8 Å². The van der Waals surface area contributed by atoms with Gasteiger partial charge in [0.2, 0.25) is 21.2 Å². The number of halogens is 1. The number of nitrogens with one attached hydrogen (secondary N) is 2. The van der Waals surface area contributed by atoms with Crippen molar-refractivity contribution in [2.45, 2.75) is 33.1 Å². The van der Waals surface area contributed by atoms with Crippen molar-refractivity contribution in [1.82, 2.24) is 9.97 Å². The summed E-state index contributed by atoms with van der Waals surface area (Å²) in [5.41, 5.74) is 2.12. The Kier molecular flexibility index (Phi) is 7.56. The topological polar surface area (TPSA) is 120 Å². The van der Waals surface area contributed by atoms with Gasteiger partial charge in [0.1, 0.15) is 5.75 Å². The molecule has 9 nitrogen and oxygen atoms in total. The van der Waals surface area contributed by atoms with Gasteiger partial charge >= 0.3 is 0 Å². The van der Waals surface area contributed by atoms with Gasteiger partial charge in [0, 0.05) is 17.8 Å². The van der Waals surface area contributed by atoms with Gasteiger partial charge in [-0.15, -0.1) is 0 Å². The lowest BCUT2D eigenvalue weighted by atomic mass is 9.86. The average Bonchev–Trinajstić information content (AvgIpc) is 2.71. The number of rotatable bonds is 7. The summed E-state index contributed by atoms with van der Waals surface area (Å²) < 4.78 is 37.6. The van der Waals surface area contributed by atoms with Crippen LogP contribution in [0.2, 0.25) is 5.28 Å². The highest BCUT2D eigenvalue weighted by molar-refractivity contribution is 7.92. The number of carbonyl (C=O) groups excluding carboxylic acids is 1. The maximum Gasteiger partial charge on any atom is 0.255 e. The lowest BCUT2D eigenvalue weighted by Crippen LogP contribution is -2.18. The van der Waals surface area contributed by atoms with Crippen LogP contribution in [0.15, 0.2) is 42.6 Å². The van der Waals surface area contributed by atoms with Gasteiger partial charge in [-0.05, 0) is 65.4 Å². The van der Waals surface area contributed by atoms with Crippen LogP contribution in [-0.4, -0.2) is 37.7 Å². The molecule has 0 aliphatic rings. The molecule has 3 rings (SSSR count). The number of hydrogen-bond acceptors (Lipinski definition) is 7. The van der Waals surface area contributed by atoms with Crippen LogP contribution in [0.4, 0.5) is 11.4 Å². The third-order valence-corrected chi connectivity index (χ3v) is 5.61. The molecule has 186 valence electrons. The number of hydrogen-bond donors (Lipinski definition) is 2. The fraction of sp³-hybridized carbons (Fsp3) is 0.292. The van der Waals surface area contributed by atoms with Gasteiger partial charge in [-0.1, -0.05) is 20.8 Å². The van der Waals surface area contributed by atoms with Crippen molar-refractivity contribution >= 4 is 38.9 Å². The van der Waals surface area contributed by atoms with E-state index in [2.05, 4.69) is 20.0 Å². The van der Waals surface area contributed by atoms with E-state index in [1.165, 1.54) is 13.3 Å². The molecule has 0 saturated carbocycles. The maximum atomic E-state index is 13.2. The van der Waals surface area contributed by atoms with Gasteiger partial charge in [-0.3, -0.25) is 9.52 Å². The lowest BCUT2D eigenvalue weighted by Gasteiger charge is -2.24. The molecule has 1 amide bonds. The number of anilines is 2. The number of methoxy groups -OCH3 is 1. The first-order valence-corrected chi connectivity index (χ1v) is 12.8. The standard InChI is InChI=1S/C24H27ClN4O5S/c1-14-9-15(11-17(10-14)34-20-7-8-26-23(25)28-20)22(30)27-18-12-16(24(2,3)4)13-19(21(18)33-5)29-35(6,31)32/h7-13,29H,1-6H3,(H,27,30). The van der Waals surface area contributed by atoms with Crippen molar-refractivity contribution in [2.24, 2.45) is 0 Å². The van der Waals surface area contributed by atoms with Crippen LogP contribution in [0, 0.1) is 6.92 Å². The van der Waals surface area contributed by atoms with Crippen LogP contribution in [-0.2, 0) is 15.4 Å². The number of aryl methyl sites for hydroxylation is 1. The van der Waals surface area contributed by atoms with E-state index in [9.17, 15) is 13.2 Å². The van der Waals surface area contributed by atoms with Gasteiger partial charge in [0.25, 0.3) is 5.91 Å². The van der Waals surface area contributed by atoms with Crippen LogP contribution in [0.1, 0.15) is 42.3 Å². The van der Waals surface area contributed by atoms with Gasteiger partial charge in [0.05, 0.1) is 24.7 Å². The second-order valence-electron chi connectivity index (χ2n) is 8.98. The predicted octanol–water partition coefficient (Wildman–Crippen LogP) is 5.16. The van der Waals surface area contributed by atoms with Gasteiger partial charge in [-0.2, -0.15) is 4.98 Å². The van der Waals surface area contributed by atoms with E-state index >= 15 is 0 Å². The summed E-state index contributed by atoms with van der Waals surface area (Å²) in [5.74, 6) is 0.378. The van der Waals surface area contributed by atoms with Crippen LogP contribution in [0.5, 0.6) is 17.4 Å². The minimum atomic E-state index is -3.59. The molecule has 35 heavy (non-hydrogen) atoms. The summed E-state index contributed by atoms with van der Waals surface area (Å²) in [7, 11) is -2.19. The number of aromatic nitrogens is 2. The van der Waals surface area contributed by atoms with E-state index in [1.54, 1.807) is 36.4 Å². The third-order valence-electron chi connectivity index (χ3n) is 4.84. The van der Waals surface area contributed by atoms with Crippen LogP contribution in [0.3, 0.4) is 0 Å². The molecule has 0 spiro atoms. The van der Waals surface area contributed by atoms with Crippen LogP contribution in [0.25, 0.3) is 0 Å². The molecule has 1 aromatic heterocycles. The Hall–Kier alpha value is -3.37. The fourth-order valence-corrected chi connectivity index (χ4v) is 3.97. The molecule has 0 fully saturated rings. The molecule has 0 aliphatic carbocycles. The van der Waals surface area contributed by atoms with E-state index in [0.717, 1.165) is 17.4 Å².